The maximum Gasteiger partial charge on any atom is 0.156 e. The molecule has 1 aliphatic carbocycles. The minimum Gasteiger partial charge on any atom is -0.362 e. The highest BCUT2D eigenvalue weighted by molar-refractivity contribution is 8.13. The molecule has 1 saturated heterocycles. The molecule has 15 heavy (non-hydrogen) atoms. The fraction of sp³-hybridized carbons (Fsp3) is 0.917. The molecule has 1 atom stereocenters. The Morgan fingerprint density at radius 3 is 2.93 bits per heavy atom. The van der Waals surface area contributed by atoms with Crippen molar-refractivity contribution in [3.8, 4) is 0 Å². The molecular formula is C12H22N2S. The van der Waals surface area contributed by atoms with Gasteiger partial charge in [0.2, 0.25) is 0 Å². The summed E-state index contributed by atoms with van der Waals surface area (Å²) >= 11 is 1.90. The van der Waals surface area contributed by atoms with Crippen LogP contribution in [0.5, 0.6) is 0 Å². The number of nitrogens with one attached hydrogen (secondary N) is 1. The van der Waals surface area contributed by atoms with Crippen molar-refractivity contribution in [2.24, 2.45) is 10.4 Å². The van der Waals surface area contributed by atoms with Crippen LogP contribution in [0, 0.1) is 5.41 Å². The van der Waals surface area contributed by atoms with Crippen LogP contribution < -0.4 is 5.32 Å². The normalized spacial score (nSPS) is 32.1. The van der Waals surface area contributed by atoms with Crippen LogP contribution >= 0.6 is 11.8 Å². The Hall–Kier alpha value is -0.180. The first-order chi connectivity index (χ1) is 7.22. The highest BCUT2D eigenvalue weighted by atomic mass is 32.2. The molecular weight excluding hydrogens is 204 g/mol. The van der Waals surface area contributed by atoms with Gasteiger partial charge in [-0.15, -0.1) is 0 Å². The maximum atomic E-state index is 4.74. The first-order valence-electron chi connectivity index (χ1n) is 6.16. The second-order valence-corrected chi connectivity index (χ2v) is 6.26. The van der Waals surface area contributed by atoms with Crippen molar-refractivity contribution >= 4 is 16.9 Å². The molecule has 2 aliphatic rings. The summed E-state index contributed by atoms with van der Waals surface area (Å²) in [4.78, 5) is 4.74. The lowest BCUT2D eigenvalue weighted by Gasteiger charge is -2.37. The van der Waals surface area contributed by atoms with Gasteiger partial charge in [-0.2, -0.15) is 0 Å². The predicted molar refractivity (Wildman–Crippen MR) is 68.5 cm³/mol. The molecule has 0 amide bonds. The average molecular weight is 226 g/mol. The number of thioether (sulfide) groups is 1. The zero-order valence-corrected chi connectivity index (χ0v) is 10.7. The van der Waals surface area contributed by atoms with Gasteiger partial charge in [0.05, 0.1) is 0 Å². The fourth-order valence-electron chi connectivity index (χ4n) is 2.18. The third-order valence-electron chi connectivity index (χ3n) is 3.69. The molecule has 86 valence electrons. The molecule has 2 fully saturated rings. The Bertz CT molecular complexity index is 246. The van der Waals surface area contributed by atoms with E-state index in [0.717, 1.165) is 6.54 Å². The van der Waals surface area contributed by atoms with Crippen molar-refractivity contribution in [1.29, 1.82) is 0 Å². The second-order valence-electron chi connectivity index (χ2n) is 5.17. The van der Waals surface area contributed by atoms with Gasteiger partial charge in [-0.1, -0.05) is 32.0 Å². The van der Waals surface area contributed by atoms with Crippen molar-refractivity contribution in [2.75, 3.05) is 12.3 Å². The van der Waals surface area contributed by atoms with Crippen molar-refractivity contribution in [3.63, 3.8) is 0 Å². The fourth-order valence-corrected chi connectivity index (χ4v) is 3.19. The zero-order chi connectivity index (χ0) is 10.7. The third-order valence-corrected chi connectivity index (χ3v) is 4.65. The minimum atomic E-state index is 0.522. The molecule has 1 aliphatic heterocycles. The van der Waals surface area contributed by atoms with E-state index in [9.17, 15) is 0 Å². The van der Waals surface area contributed by atoms with Gasteiger partial charge in [0.15, 0.2) is 5.17 Å². The van der Waals surface area contributed by atoms with Crippen LogP contribution in [0.15, 0.2) is 4.99 Å². The highest BCUT2D eigenvalue weighted by Gasteiger charge is 2.31. The molecule has 1 N–H and O–H groups in total. The van der Waals surface area contributed by atoms with E-state index in [1.165, 1.54) is 43.0 Å². The van der Waals surface area contributed by atoms with Crippen molar-refractivity contribution < 1.29 is 0 Å². The van der Waals surface area contributed by atoms with Gasteiger partial charge in [-0.05, 0) is 31.1 Å². The topological polar surface area (TPSA) is 24.4 Å². The van der Waals surface area contributed by atoms with Gasteiger partial charge in [0.1, 0.15) is 0 Å². The lowest BCUT2D eigenvalue weighted by molar-refractivity contribution is 0.174. The summed E-state index contributed by atoms with van der Waals surface area (Å²) < 4.78 is 0. The summed E-state index contributed by atoms with van der Waals surface area (Å²) in [7, 11) is 0. The molecule has 0 bridgehead atoms. The van der Waals surface area contributed by atoms with Crippen LogP contribution in [-0.2, 0) is 0 Å². The smallest absolute Gasteiger partial charge is 0.156 e. The van der Waals surface area contributed by atoms with E-state index in [1.54, 1.807) is 0 Å². The van der Waals surface area contributed by atoms with Crippen LogP contribution in [0.4, 0.5) is 0 Å². The van der Waals surface area contributed by atoms with Crippen LogP contribution in [0.1, 0.15) is 46.0 Å². The number of aliphatic imine (C=N–C) groups is 1. The van der Waals surface area contributed by atoms with Crippen molar-refractivity contribution in [3.05, 3.63) is 0 Å². The molecule has 1 saturated carbocycles. The first-order valence-corrected chi connectivity index (χ1v) is 7.14. The standard InChI is InChI=1S/C12H22N2S/c1-3-10-5-8-15-11(14-10)13-9-12(2)6-4-7-12/h10H,3-9H2,1-2H3,(H,13,14). The molecule has 3 heteroatoms. The van der Waals surface area contributed by atoms with Gasteiger partial charge < -0.3 is 5.32 Å². The van der Waals surface area contributed by atoms with Gasteiger partial charge in [-0.25, -0.2) is 0 Å². The van der Waals surface area contributed by atoms with E-state index < -0.39 is 0 Å². The molecule has 0 aromatic rings. The van der Waals surface area contributed by atoms with Gasteiger partial charge in [0, 0.05) is 18.3 Å². The van der Waals surface area contributed by atoms with Crippen LogP contribution in [-0.4, -0.2) is 23.5 Å². The van der Waals surface area contributed by atoms with Gasteiger partial charge in [0.25, 0.3) is 0 Å². The van der Waals surface area contributed by atoms with Crippen molar-refractivity contribution in [2.45, 2.75) is 52.0 Å². The van der Waals surface area contributed by atoms with E-state index in [1.807, 2.05) is 11.8 Å². The minimum absolute atomic E-state index is 0.522. The van der Waals surface area contributed by atoms with E-state index in [4.69, 9.17) is 4.99 Å². The Kier molecular flexibility index (Phi) is 3.60. The Labute approximate surface area is 97.3 Å². The molecule has 0 radical (unpaired) electrons. The lowest BCUT2D eigenvalue weighted by atomic mass is 9.71. The van der Waals surface area contributed by atoms with E-state index >= 15 is 0 Å². The first kappa shape index (κ1) is 11.3. The molecule has 2 rings (SSSR count). The number of nitrogens with zero attached hydrogens (tertiary/aromatic N) is 1. The zero-order valence-electron chi connectivity index (χ0n) is 9.88. The van der Waals surface area contributed by atoms with E-state index in [-0.39, 0.29) is 0 Å². The third kappa shape index (κ3) is 2.90. The molecule has 0 spiro atoms. The Morgan fingerprint density at radius 2 is 2.33 bits per heavy atom. The van der Waals surface area contributed by atoms with Gasteiger partial charge >= 0.3 is 0 Å². The Morgan fingerprint density at radius 1 is 1.53 bits per heavy atom. The number of rotatable bonds is 3. The lowest BCUT2D eigenvalue weighted by Crippen LogP contribution is -2.38. The SMILES string of the molecule is CCC1CCSC(=NCC2(C)CCC2)N1. The number of hydrogen-bond acceptors (Lipinski definition) is 2. The molecule has 1 heterocycles. The highest BCUT2D eigenvalue weighted by Crippen LogP contribution is 2.40. The average Bonchev–Trinajstić information content (AvgIpc) is 2.24. The second kappa shape index (κ2) is 4.77. The van der Waals surface area contributed by atoms with Crippen LogP contribution in [0.2, 0.25) is 0 Å². The summed E-state index contributed by atoms with van der Waals surface area (Å²) in [6.07, 6.45) is 6.64. The molecule has 1 unspecified atom stereocenters. The quantitative estimate of drug-likeness (QED) is 0.800. The van der Waals surface area contributed by atoms with Crippen LogP contribution in [0.3, 0.4) is 0 Å². The molecule has 0 aromatic heterocycles. The summed E-state index contributed by atoms with van der Waals surface area (Å²) in [5.41, 5.74) is 0.522. The van der Waals surface area contributed by atoms with Crippen molar-refractivity contribution in [1.82, 2.24) is 5.32 Å². The summed E-state index contributed by atoms with van der Waals surface area (Å²) in [6.45, 7) is 5.64. The number of amidine groups is 1. The van der Waals surface area contributed by atoms with E-state index in [2.05, 4.69) is 19.2 Å². The molecule has 0 aromatic carbocycles. The summed E-state index contributed by atoms with van der Waals surface area (Å²) in [5, 5.41) is 4.73. The predicted octanol–water partition coefficient (Wildman–Crippen LogP) is 3.04. The molecule has 2 nitrogen and oxygen atoms in total. The Balaban J connectivity index is 1.83. The van der Waals surface area contributed by atoms with Crippen LogP contribution in [0.25, 0.3) is 0 Å². The maximum absolute atomic E-state index is 4.74. The monoisotopic (exact) mass is 226 g/mol. The van der Waals surface area contributed by atoms with Gasteiger partial charge in [-0.3, -0.25) is 4.99 Å². The number of hydrogen-bond donors (Lipinski definition) is 1. The summed E-state index contributed by atoms with van der Waals surface area (Å²) in [6, 6.07) is 0.666. The van der Waals surface area contributed by atoms with E-state index in [0.29, 0.717) is 11.5 Å². The largest absolute Gasteiger partial charge is 0.362 e. The summed E-state index contributed by atoms with van der Waals surface area (Å²) in [5.74, 6) is 1.24.